The Morgan fingerprint density at radius 1 is 1.15 bits per heavy atom. The Hall–Kier alpha value is -1.52. The number of carbonyl (C=O) groups is 1. The fourth-order valence-corrected chi connectivity index (χ4v) is 2.69. The van der Waals surface area contributed by atoms with Crippen LogP contribution in [0.5, 0.6) is 5.75 Å². The van der Waals surface area contributed by atoms with Gasteiger partial charge in [0, 0.05) is 5.92 Å². The van der Waals surface area contributed by atoms with Crippen molar-refractivity contribution >= 4 is 6.29 Å². The van der Waals surface area contributed by atoms with Crippen molar-refractivity contribution in [3.8, 4) is 5.75 Å². The zero-order chi connectivity index (χ0) is 14.5. The van der Waals surface area contributed by atoms with Crippen LogP contribution in [-0.2, 0) is 4.79 Å². The Balaban J connectivity index is 2.13. The SMILES string of the molecule is O=CC1CCC(c2ccc(OCCF)c(F)c2F)CC1. The monoisotopic (exact) mass is 286 g/mol. The number of benzene rings is 1. The molecule has 0 amide bonds. The number of hydrogen-bond donors (Lipinski definition) is 0. The zero-order valence-electron chi connectivity index (χ0n) is 11.1. The average Bonchev–Trinajstić information content (AvgIpc) is 2.49. The molecule has 1 aliphatic carbocycles. The number of alkyl halides is 1. The molecule has 0 spiro atoms. The van der Waals surface area contributed by atoms with Crippen molar-refractivity contribution in [3.05, 3.63) is 29.3 Å². The van der Waals surface area contributed by atoms with Crippen molar-refractivity contribution in [2.45, 2.75) is 31.6 Å². The van der Waals surface area contributed by atoms with Crippen LogP contribution in [-0.4, -0.2) is 19.6 Å². The predicted molar refractivity (Wildman–Crippen MR) is 68.6 cm³/mol. The Bertz CT molecular complexity index is 468. The maximum Gasteiger partial charge on any atom is 0.200 e. The summed E-state index contributed by atoms with van der Waals surface area (Å²) >= 11 is 0. The molecule has 0 heterocycles. The number of halogens is 3. The summed E-state index contributed by atoms with van der Waals surface area (Å²) in [4.78, 5) is 10.7. The third kappa shape index (κ3) is 3.14. The van der Waals surface area contributed by atoms with E-state index in [9.17, 15) is 18.0 Å². The van der Waals surface area contributed by atoms with Crippen molar-refractivity contribution in [3.63, 3.8) is 0 Å². The first-order valence-corrected chi connectivity index (χ1v) is 6.79. The molecule has 2 rings (SSSR count). The summed E-state index contributed by atoms with van der Waals surface area (Å²) in [5.74, 6) is -2.28. The Morgan fingerprint density at radius 3 is 2.45 bits per heavy atom. The van der Waals surface area contributed by atoms with Crippen molar-refractivity contribution in [1.82, 2.24) is 0 Å². The average molecular weight is 286 g/mol. The van der Waals surface area contributed by atoms with Gasteiger partial charge < -0.3 is 9.53 Å². The van der Waals surface area contributed by atoms with Crippen LogP contribution in [0.2, 0.25) is 0 Å². The lowest BCUT2D eigenvalue weighted by Crippen LogP contribution is -2.15. The molecular formula is C15H17F3O2. The number of ether oxygens (including phenoxy) is 1. The quantitative estimate of drug-likeness (QED) is 0.770. The van der Waals surface area contributed by atoms with Gasteiger partial charge in [-0.05, 0) is 43.2 Å². The van der Waals surface area contributed by atoms with E-state index in [1.165, 1.54) is 12.1 Å². The first-order chi connectivity index (χ1) is 9.67. The minimum atomic E-state index is -1.06. The van der Waals surface area contributed by atoms with Gasteiger partial charge in [-0.25, -0.2) is 8.78 Å². The minimum Gasteiger partial charge on any atom is -0.488 e. The van der Waals surface area contributed by atoms with Gasteiger partial charge in [0.2, 0.25) is 5.82 Å². The summed E-state index contributed by atoms with van der Waals surface area (Å²) in [5, 5.41) is 0. The van der Waals surface area contributed by atoms with Gasteiger partial charge in [0.1, 0.15) is 19.6 Å². The van der Waals surface area contributed by atoms with Crippen LogP contribution in [0.15, 0.2) is 12.1 Å². The normalized spacial score (nSPS) is 22.6. The standard InChI is InChI=1S/C15H17F3O2/c16-7-8-20-13-6-5-12(14(17)15(13)18)11-3-1-10(9-19)2-4-11/h5-6,9-11H,1-4,7-8H2. The maximum atomic E-state index is 14.0. The van der Waals surface area contributed by atoms with Gasteiger partial charge in [-0.15, -0.1) is 0 Å². The minimum absolute atomic E-state index is 0.0336. The fraction of sp³-hybridized carbons (Fsp3) is 0.533. The molecular weight excluding hydrogens is 269 g/mol. The molecule has 0 unspecified atom stereocenters. The number of rotatable bonds is 5. The van der Waals surface area contributed by atoms with Crippen LogP contribution in [0.4, 0.5) is 13.2 Å². The Kier molecular flexibility index (Phi) is 5.04. The molecule has 2 nitrogen and oxygen atoms in total. The van der Waals surface area contributed by atoms with Crippen LogP contribution in [0, 0.1) is 17.6 Å². The number of aldehydes is 1. The molecule has 1 aromatic carbocycles. The molecule has 20 heavy (non-hydrogen) atoms. The molecule has 0 N–H and O–H groups in total. The summed E-state index contributed by atoms with van der Waals surface area (Å²) in [6, 6.07) is 2.84. The van der Waals surface area contributed by atoms with E-state index in [1.807, 2.05) is 0 Å². The van der Waals surface area contributed by atoms with Gasteiger partial charge in [0.15, 0.2) is 11.6 Å². The number of hydrogen-bond acceptors (Lipinski definition) is 2. The molecule has 0 bridgehead atoms. The summed E-state index contributed by atoms with van der Waals surface area (Å²) in [7, 11) is 0. The molecule has 5 heteroatoms. The van der Waals surface area contributed by atoms with Gasteiger partial charge in [0.05, 0.1) is 0 Å². The van der Waals surface area contributed by atoms with E-state index >= 15 is 0 Å². The lowest BCUT2D eigenvalue weighted by molar-refractivity contribution is -0.111. The van der Waals surface area contributed by atoms with Crippen molar-refractivity contribution in [2.75, 3.05) is 13.3 Å². The molecule has 1 aromatic rings. The second-order valence-corrected chi connectivity index (χ2v) is 5.07. The molecule has 110 valence electrons. The summed E-state index contributed by atoms with van der Waals surface area (Å²) in [5.41, 5.74) is 0.319. The van der Waals surface area contributed by atoms with Crippen LogP contribution < -0.4 is 4.74 Å². The molecule has 0 aromatic heterocycles. The predicted octanol–water partition coefficient (Wildman–Crippen LogP) is 3.79. The van der Waals surface area contributed by atoms with Gasteiger partial charge in [-0.2, -0.15) is 4.39 Å². The van der Waals surface area contributed by atoms with Crippen LogP contribution in [0.3, 0.4) is 0 Å². The Labute approximate surface area is 115 Å². The van der Waals surface area contributed by atoms with E-state index < -0.39 is 18.3 Å². The smallest absolute Gasteiger partial charge is 0.200 e. The third-order valence-corrected chi connectivity index (χ3v) is 3.82. The second kappa shape index (κ2) is 6.77. The van der Waals surface area contributed by atoms with Crippen LogP contribution >= 0.6 is 0 Å². The molecule has 1 saturated carbocycles. The second-order valence-electron chi connectivity index (χ2n) is 5.07. The van der Waals surface area contributed by atoms with Gasteiger partial charge in [-0.1, -0.05) is 6.07 Å². The lowest BCUT2D eigenvalue weighted by Gasteiger charge is -2.26. The maximum absolute atomic E-state index is 14.0. The number of carbonyl (C=O) groups excluding carboxylic acids is 1. The van der Waals surface area contributed by atoms with Crippen molar-refractivity contribution in [2.24, 2.45) is 5.92 Å². The van der Waals surface area contributed by atoms with Crippen LogP contribution in [0.25, 0.3) is 0 Å². The summed E-state index contributed by atoms with van der Waals surface area (Å²) in [6.07, 6.45) is 3.68. The fourth-order valence-electron chi connectivity index (χ4n) is 2.69. The summed E-state index contributed by atoms with van der Waals surface area (Å²) < 4.78 is 44.6. The zero-order valence-corrected chi connectivity index (χ0v) is 11.1. The highest BCUT2D eigenvalue weighted by atomic mass is 19.2. The summed E-state index contributed by atoms with van der Waals surface area (Å²) in [6.45, 7) is -1.04. The van der Waals surface area contributed by atoms with E-state index in [4.69, 9.17) is 4.74 Å². The largest absolute Gasteiger partial charge is 0.488 e. The molecule has 1 fully saturated rings. The highest BCUT2D eigenvalue weighted by Gasteiger charge is 2.26. The Morgan fingerprint density at radius 2 is 1.85 bits per heavy atom. The molecule has 0 saturated heterocycles. The first-order valence-electron chi connectivity index (χ1n) is 6.79. The van der Waals surface area contributed by atoms with Gasteiger partial charge >= 0.3 is 0 Å². The van der Waals surface area contributed by atoms with E-state index in [0.29, 0.717) is 31.2 Å². The van der Waals surface area contributed by atoms with Crippen LogP contribution in [0.1, 0.15) is 37.2 Å². The molecule has 0 atom stereocenters. The van der Waals surface area contributed by atoms with E-state index in [-0.39, 0.29) is 24.2 Å². The molecule has 1 aliphatic rings. The highest BCUT2D eigenvalue weighted by Crippen LogP contribution is 2.38. The van der Waals surface area contributed by atoms with Crippen molar-refractivity contribution in [1.29, 1.82) is 0 Å². The van der Waals surface area contributed by atoms with Crippen molar-refractivity contribution < 1.29 is 22.7 Å². The highest BCUT2D eigenvalue weighted by molar-refractivity contribution is 5.53. The van der Waals surface area contributed by atoms with Gasteiger partial charge in [0.25, 0.3) is 0 Å². The van der Waals surface area contributed by atoms with Gasteiger partial charge in [-0.3, -0.25) is 0 Å². The molecule has 0 aliphatic heterocycles. The third-order valence-electron chi connectivity index (χ3n) is 3.82. The first kappa shape index (κ1) is 14.9. The van der Waals surface area contributed by atoms with E-state index in [2.05, 4.69) is 0 Å². The lowest BCUT2D eigenvalue weighted by atomic mass is 9.79. The van der Waals surface area contributed by atoms with E-state index in [1.54, 1.807) is 0 Å². The topological polar surface area (TPSA) is 26.3 Å². The molecule has 0 radical (unpaired) electrons. The van der Waals surface area contributed by atoms with E-state index in [0.717, 1.165) is 6.29 Å².